The van der Waals surface area contributed by atoms with E-state index in [1.165, 1.54) is 0 Å². The zero-order chi connectivity index (χ0) is 4.83. The van der Waals surface area contributed by atoms with Crippen molar-refractivity contribution < 1.29 is 0 Å². The molecule has 0 heterocycles. The van der Waals surface area contributed by atoms with E-state index in [9.17, 15) is 0 Å². The van der Waals surface area contributed by atoms with E-state index in [0.717, 1.165) is 0 Å². The summed E-state index contributed by atoms with van der Waals surface area (Å²) in [5.41, 5.74) is 1.86. The van der Waals surface area contributed by atoms with Crippen molar-refractivity contribution in [2.75, 3.05) is 0 Å². The van der Waals surface area contributed by atoms with E-state index in [1.807, 2.05) is 5.70 Å². The Bertz CT molecular complexity index is 80.0. The zero-order valence-corrected chi connectivity index (χ0v) is 4.93. The maximum atomic E-state index is 5.17. The smallest absolute Gasteiger partial charge is 0.114 e. The van der Waals surface area contributed by atoms with Gasteiger partial charge in [-0.05, 0) is 6.08 Å². The Morgan fingerprint density at radius 2 is 2.50 bits per heavy atom. The Hall–Kier alpha value is -0.523. The monoisotopic (exact) mass is 97.0 g/mol. The average Bonchev–Trinajstić information content (AvgIpc) is 1.61. The lowest BCUT2D eigenvalue weighted by molar-refractivity contribution is 1.92. The second-order valence-corrected chi connectivity index (χ2v) is 1.75. The Balaban J connectivity index is 3.02. The largest absolute Gasteiger partial charge is 0.353 e. The zero-order valence-electron chi connectivity index (χ0n) is 3.52. The molecule has 0 aliphatic rings. The molecule has 32 valence electrons. The molecule has 0 fully saturated rings. The highest BCUT2D eigenvalue weighted by molar-refractivity contribution is 6.37. The van der Waals surface area contributed by atoms with E-state index in [-0.39, 0.29) is 0 Å². The van der Waals surface area contributed by atoms with Gasteiger partial charge in [0.15, 0.2) is 0 Å². The predicted octanol–water partition coefficient (Wildman–Crippen LogP) is -0.824. The van der Waals surface area contributed by atoms with Crippen LogP contribution in [-0.2, 0) is 0 Å². The molecule has 0 saturated carbocycles. The first-order valence-corrected chi connectivity index (χ1v) is 3.36. The Morgan fingerprint density at radius 3 is 2.67 bits per heavy atom. The van der Waals surface area contributed by atoms with E-state index in [4.69, 9.17) is 11.8 Å². The molecular weight excluding hydrogens is 90.1 g/mol. The molecule has 0 aliphatic carbocycles. The number of allylic oxidation sites excluding steroid dienone is 1. The molecule has 0 unspecified atom stereocenters. The summed E-state index contributed by atoms with van der Waals surface area (Å²) < 4.78 is 0. The van der Waals surface area contributed by atoms with Crippen molar-refractivity contribution in [1.82, 2.24) is 0 Å². The summed E-state index contributed by atoms with van der Waals surface area (Å²) in [4.78, 5) is 0. The molecule has 2 heteroatoms. The van der Waals surface area contributed by atoms with Crippen LogP contribution >= 0.6 is 0 Å². The van der Waals surface area contributed by atoms with Crippen molar-refractivity contribution in [2.45, 2.75) is 0 Å². The van der Waals surface area contributed by atoms with Gasteiger partial charge in [0.25, 0.3) is 0 Å². The summed E-state index contributed by atoms with van der Waals surface area (Å²) in [7, 11) is -0.420. The highest BCUT2D eigenvalue weighted by Gasteiger charge is 1.57. The third kappa shape index (κ3) is 3.48. The fourth-order valence-electron chi connectivity index (χ4n) is 0.136. The van der Waals surface area contributed by atoms with Crippen LogP contribution < -0.4 is 5.40 Å². The molecule has 0 spiro atoms. The van der Waals surface area contributed by atoms with Gasteiger partial charge in [-0.2, -0.15) is 0 Å². The topological polar surface area (TPSA) is 26.0 Å². The van der Waals surface area contributed by atoms with Crippen LogP contribution in [0.3, 0.4) is 0 Å². The van der Waals surface area contributed by atoms with Gasteiger partial charge >= 0.3 is 0 Å². The van der Waals surface area contributed by atoms with Crippen molar-refractivity contribution in [2.24, 2.45) is 5.40 Å². The Labute approximate surface area is 40.1 Å². The lowest BCUT2D eigenvalue weighted by Crippen LogP contribution is -1.98. The minimum absolute atomic E-state index is 0.420. The molecule has 6 heavy (non-hydrogen) atoms. The summed E-state index contributed by atoms with van der Waals surface area (Å²) in [6.07, 6.45) is 6.49. The molecule has 0 rings (SSSR count). The lowest BCUT2D eigenvalue weighted by Gasteiger charge is -1.65. The first-order valence-electron chi connectivity index (χ1n) is 1.73. The van der Waals surface area contributed by atoms with Gasteiger partial charge in [0, 0.05) is 0 Å². The van der Waals surface area contributed by atoms with Crippen LogP contribution in [0.15, 0.2) is 11.8 Å². The number of hydrogen-bond acceptors (Lipinski definition) is 1. The molecule has 0 atom stereocenters. The fraction of sp³-hybridized carbons (Fsp3) is 0. The predicted molar refractivity (Wildman–Crippen MR) is 30.7 cm³/mol. The number of terminal acetylenes is 1. The summed E-state index contributed by atoms with van der Waals surface area (Å²) in [5.74, 6) is 2.34. The second kappa shape index (κ2) is 4.48. The van der Waals surface area contributed by atoms with Gasteiger partial charge in [0.05, 0.1) is 0 Å². The Kier molecular flexibility index (Phi) is 4.09. The van der Waals surface area contributed by atoms with Crippen molar-refractivity contribution in [3.63, 3.8) is 0 Å². The maximum absolute atomic E-state index is 5.17. The maximum Gasteiger partial charge on any atom is 0.114 e. The quantitative estimate of drug-likeness (QED) is 0.335. The summed E-state index contributed by atoms with van der Waals surface area (Å²) in [5, 5.41) is 5.17. The third-order valence-corrected chi connectivity index (χ3v) is 0.858. The molecule has 2 N–H and O–H groups in total. The first-order chi connectivity index (χ1) is 2.91. The van der Waals surface area contributed by atoms with Crippen molar-refractivity contribution in [3.05, 3.63) is 11.8 Å². The molecular formula is C4H7NSi. The Morgan fingerprint density at radius 1 is 1.83 bits per heavy atom. The van der Waals surface area contributed by atoms with Crippen molar-refractivity contribution >= 4 is 9.68 Å². The van der Waals surface area contributed by atoms with Crippen LogP contribution in [0.4, 0.5) is 0 Å². The minimum Gasteiger partial charge on any atom is -0.353 e. The van der Waals surface area contributed by atoms with Crippen LogP contribution in [-0.4, -0.2) is 9.68 Å². The van der Waals surface area contributed by atoms with E-state index < -0.39 is 9.68 Å². The first kappa shape index (κ1) is 5.48. The van der Waals surface area contributed by atoms with Gasteiger partial charge in [-0.15, -0.1) is 6.42 Å². The van der Waals surface area contributed by atoms with E-state index >= 15 is 0 Å². The standard InChI is InChI=1S/C4H7NSi/c1-2-3-4-6-5/h1,3-4H,5-6H2. The molecule has 0 aromatic carbocycles. The fourth-order valence-corrected chi connectivity index (χ4v) is 0.408. The average molecular weight is 97.2 g/mol. The van der Waals surface area contributed by atoms with Crippen LogP contribution in [0, 0.1) is 12.3 Å². The molecule has 0 aliphatic heterocycles. The van der Waals surface area contributed by atoms with Gasteiger partial charge < -0.3 is 5.40 Å². The van der Waals surface area contributed by atoms with Crippen molar-refractivity contribution in [1.29, 1.82) is 0 Å². The third-order valence-electron chi connectivity index (χ3n) is 0.350. The summed E-state index contributed by atoms with van der Waals surface area (Å²) >= 11 is 0. The highest BCUT2D eigenvalue weighted by Crippen LogP contribution is 1.56. The van der Waals surface area contributed by atoms with E-state index in [1.54, 1.807) is 6.08 Å². The highest BCUT2D eigenvalue weighted by atomic mass is 28.2. The van der Waals surface area contributed by atoms with E-state index in [0.29, 0.717) is 0 Å². The van der Waals surface area contributed by atoms with Crippen LogP contribution in [0.2, 0.25) is 0 Å². The molecule has 0 aromatic heterocycles. The molecule has 0 radical (unpaired) electrons. The normalized spacial score (nSPS) is 10.7. The molecule has 0 saturated heterocycles. The van der Waals surface area contributed by atoms with Gasteiger partial charge in [-0.3, -0.25) is 0 Å². The van der Waals surface area contributed by atoms with Gasteiger partial charge in [0.2, 0.25) is 0 Å². The van der Waals surface area contributed by atoms with Crippen LogP contribution in [0.1, 0.15) is 0 Å². The SMILES string of the molecule is C#CC=C[SiH2]N. The molecule has 0 bridgehead atoms. The second-order valence-electron chi connectivity index (χ2n) is 0.805. The number of nitrogens with two attached hydrogens (primary N) is 1. The molecule has 1 nitrogen and oxygen atoms in total. The lowest BCUT2D eigenvalue weighted by atomic mass is 10.7. The van der Waals surface area contributed by atoms with E-state index in [2.05, 4.69) is 5.92 Å². The van der Waals surface area contributed by atoms with Crippen LogP contribution in [0.5, 0.6) is 0 Å². The van der Waals surface area contributed by atoms with Gasteiger partial charge in [0.1, 0.15) is 9.68 Å². The number of hydrogen-bond donors (Lipinski definition) is 1. The molecule has 0 aromatic rings. The number of rotatable bonds is 1. The van der Waals surface area contributed by atoms with Gasteiger partial charge in [-0.1, -0.05) is 11.6 Å². The van der Waals surface area contributed by atoms with Crippen LogP contribution in [0.25, 0.3) is 0 Å². The minimum atomic E-state index is -0.420. The summed E-state index contributed by atoms with van der Waals surface area (Å²) in [6, 6.07) is 0. The van der Waals surface area contributed by atoms with Crippen molar-refractivity contribution in [3.8, 4) is 12.3 Å². The molecule has 0 amide bonds. The van der Waals surface area contributed by atoms with Gasteiger partial charge in [-0.25, -0.2) is 0 Å². The summed E-state index contributed by atoms with van der Waals surface area (Å²) in [6.45, 7) is 0.